The second kappa shape index (κ2) is 11.8. The molecule has 2 atom stereocenters. The first-order valence-corrected chi connectivity index (χ1v) is 4.94. The summed E-state index contributed by atoms with van der Waals surface area (Å²) in [5.74, 6) is 0. The first-order valence-electron chi connectivity index (χ1n) is 4.94. The molecule has 0 aliphatic rings. The van der Waals surface area contributed by atoms with E-state index < -0.39 is 12.2 Å². The molecule has 6 heteroatoms. The van der Waals surface area contributed by atoms with Crippen LogP contribution in [0.15, 0.2) is 0 Å². The van der Waals surface area contributed by atoms with Crippen LogP contribution in [0, 0.1) is 6.92 Å². The molecule has 0 bridgehead atoms. The van der Waals surface area contributed by atoms with E-state index in [1.54, 1.807) is 20.8 Å². The van der Waals surface area contributed by atoms with E-state index in [1.165, 1.54) is 7.05 Å². The van der Waals surface area contributed by atoms with E-state index in [4.69, 9.17) is 0 Å². The Morgan fingerprint density at radius 3 is 1.94 bits per heavy atom. The van der Waals surface area contributed by atoms with Crippen LogP contribution >= 0.6 is 0 Å². The molecule has 0 fully saturated rings. The van der Waals surface area contributed by atoms with Crippen molar-refractivity contribution in [2.75, 3.05) is 13.6 Å². The summed E-state index contributed by atoms with van der Waals surface area (Å²) in [6, 6.07) is -1.85. The fraction of sp³-hybridized carbons (Fsp3) is 0.900. The van der Waals surface area contributed by atoms with Crippen LogP contribution in [0.25, 0.3) is 10.6 Å². The van der Waals surface area contributed by atoms with Gasteiger partial charge in [0.1, 0.15) is 0 Å². The van der Waals surface area contributed by atoms with Crippen LogP contribution < -0.4 is 0 Å². The minimum Gasteiger partial charge on any atom is -0.663 e. The second-order valence-electron chi connectivity index (χ2n) is 2.90. The Kier molecular flexibility index (Phi) is 15.9. The predicted octanol–water partition coefficient (Wildman–Crippen LogP) is 3.93. The van der Waals surface area contributed by atoms with E-state index >= 15 is 0 Å². The first kappa shape index (κ1) is 21.6. The molecule has 2 nitrogen and oxygen atoms in total. The van der Waals surface area contributed by atoms with Crippen molar-refractivity contribution >= 4 is 0 Å². The van der Waals surface area contributed by atoms with E-state index in [9.17, 15) is 13.2 Å². The summed E-state index contributed by atoms with van der Waals surface area (Å²) in [4.78, 5) is 0. The molecule has 0 aromatic carbocycles. The number of hydrogen-bond acceptors (Lipinski definition) is 0. The number of alkyl halides is 3. The molecule has 2 unspecified atom stereocenters. The topological polar surface area (TPSA) is 28.2 Å². The number of hydrogen-bond donors (Lipinski definition) is 0. The Labute approximate surface area is 110 Å². The monoisotopic (exact) mass is 289 g/mol. The molecule has 0 heterocycles. The van der Waals surface area contributed by atoms with Crippen molar-refractivity contribution in [1.29, 1.82) is 0 Å². The average molecular weight is 291 g/mol. The van der Waals surface area contributed by atoms with Gasteiger partial charge in [-0.3, -0.25) is 0 Å². The maximum absolute atomic E-state index is 12.3. The molecule has 0 saturated heterocycles. The summed E-state index contributed by atoms with van der Waals surface area (Å²) >= 11 is 0. The van der Waals surface area contributed by atoms with Crippen molar-refractivity contribution in [3.63, 3.8) is 0 Å². The van der Waals surface area contributed by atoms with Crippen molar-refractivity contribution < 1.29 is 32.6 Å². The average Bonchev–Trinajstić information content (AvgIpc) is 2.18. The molecule has 0 aliphatic carbocycles. The van der Waals surface area contributed by atoms with Gasteiger partial charge in [0.2, 0.25) is 0 Å². The number of rotatable bonds is 5. The molecular weight excluding hydrogens is 271 g/mol. The molecule has 0 saturated carbocycles. The van der Waals surface area contributed by atoms with Gasteiger partial charge in [0.25, 0.3) is 0 Å². The summed E-state index contributed by atoms with van der Waals surface area (Å²) < 4.78 is 36.8. The minimum absolute atomic E-state index is 0. The SMILES string of the molecule is CC[N-]C(CC(C)[N-]C)C(F)(F)F.[CH2-]C.[Zn]. The zero-order valence-electron chi connectivity index (χ0n) is 10.5. The van der Waals surface area contributed by atoms with Crippen LogP contribution in [0.5, 0.6) is 0 Å². The Balaban J connectivity index is -0.000000529. The van der Waals surface area contributed by atoms with E-state index in [2.05, 4.69) is 17.6 Å². The van der Waals surface area contributed by atoms with Gasteiger partial charge in [-0.1, -0.05) is 20.3 Å². The van der Waals surface area contributed by atoms with Crippen molar-refractivity contribution in [3.8, 4) is 0 Å². The molecule has 0 aromatic rings. The third-order valence-electron chi connectivity index (χ3n) is 1.79. The second-order valence-corrected chi connectivity index (χ2v) is 2.90. The van der Waals surface area contributed by atoms with Gasteiger partial charge in [-0.15, -0.1) is 6.04 Å². The van der Waals surface area contributed by atoms with Crippen LogP contribution in [-0.2, 0) is 19.5 Å². The smallest absolute Gasteiger partial charge is 0.373 e. The Hall–Kier alpha value is 0.333. The normalized spacial score (nSPS) is 14.2. The van der Waals surface area contributed by atoms with Gasteiger partial charge in [-0.25, -0.2) is 0 Å². The molecular formula is C10H20F3N2Zn-3. The van der Waals surface area contributed by atoms with Crippen molar-refractivity contribution in [2.45, 2.75) is 45.5 Å². The van der Waals surface area contributed by atoms with Crippen LogP contribution in [0.2, 0.25) is 0 Å². The van der Waals surface area contributed by atoms with Crippen molar-refractivity contribution in [1.82, 2.24) is 0 Å². The standard InChI is InChI=1S/C8H15F3N2.C2H5.Zn/c1-4-13-7(8(9,10)11)5-6(2)12-3;1-2;/h6-7H,4-5H2,1-3H3;1H2,2H3;/q-2;-1;. The Morgan fingerprint density at radius 1 is 1.25 bits per heavy atom. The Bertz CT molecular complexity index is 143. The number of nitrogens with zero attached hydrogens (tertiary/aromatic N) is 2. The van der Waals surface area contributed by atoms with Crippen LogP contribution in [0.3, 0.4) is 0 Å². The third kappa shape index (κ3) is 10.8. The van der Waals surface area contributed by atoms with Gasteiger partial charge >= 0.3 is 6.18 Å². The summed E-state index contributed by atoms with van der Waals surface area (Å²) in [5, 5.41) is 7.26. The zero-order valence-corrected chi connectivity index (χ0v) is 13.5. The molecule has 0 aromatic heterocycles. The van der Waals surface area contributed by atoms with Gasteiger partial charge in [0.05, 0.1) is 0 Å². The molecule has 0 radical (unpaired) electrons. The Morgan fingerprint density at radius 2 is 1.69 bits per heavy atom. The van der Waals surface area contributed by atoms with Crippen LogP contribution in [0.1, 0.15) is 27.2 Å². The van der Waals surface area contributed by atoms with Gasteiger partial charge in [-0.2, -0.15) is 33.7 Å². The summed E-state index contributed by atoms with van der Waals surface area (Å²) in [7, 11) is 1.52. The molecule has 16 heavy (non-hydrogen) atoms. The van der Waals surface area contributed by atoms with E-state index in [0.717, 1.165) is 0 Å². The summed E-state index contributed by atoms with van der Waals surface area (Å²) in [6.07, 6.45) is -4.28. The van der Waals surface area contributed by atoms with E-state index in [1.807, 2.05) is 0 Å². The molecule has 0 spiro atoms. The molecule has 96 valence electrons. The third-order valence-corrected chi connectivity index (χ3v) is 1.79. The van der Waals surface area contributed by atoms with Crippen molar-refractivity contribution in [3.05, 3.63) is 17.6 Å². The van der Waals surface area contributed by atoms with Crippen LogP contribution in [0.4, 0.5) is 13.2 Å². The van der Waals surface area contributed by atoms with Gasteiger partial charge < -0.3 is 17.6 Å². The molecule has 0 aliphatic heterocycles. The van der Waals surface area contributed by atoms with Crippen LogP contribution in [-0.4, -0.2) is 31.9 Å². The maximum atomic E-state index is 12.3. The molecule has 0 rings (SSSR count). The zero-order chi connectivity index (χ0) is 12.5. The summed E-state index contributed by atoms with van der Waals surface area (Å²) in [5.41, 5.74) is 0. The van der Waals surface area contributed by atoms with E-state index in [-0.39, 0.29) is 38.5 Å². The first-order chi connectivity index (χ1) is 6.91. The minimum atomic E-state index is -4.23. The van der Waals surface area contributed by atoms with E-state index in [0.29, 0.717) is 0 Å². The van der Waals surface area contributed by atoms with Gasteiger partial charge in [0, 0.05) is 19.5 Å². The van der Waals surface area contributed by atoms with Crippen molar-refractivity contribution in [2.24, 2.45) is 0 Å². The molecule has 0 N–H and O–H groups in total. The van der Waals surface area contributed by atoms with Gasteiger partial charge in [0.15, 0.2) is 0 Å². The van der Waals surface area contributed by atoms with Gasteiger partial charge in [-0.05, 0) is 6.04 Å². The maximum Gasteiger partial charge on any atom is 0.373 e. The fourth-order valence-electron chi connectivity index (χ4n) is 0.961. The molecule has 0 amide bonds. The number of halogens is 3. The fourth-order valence-corrected chi connectivity index (χ4v) is 0.961. The summed E-state index contributed by atoms with van der Waals surface area (Å²) in [6.45, 7) is 8.46. The largest absolute Gasteiger partial charge is 0.663 e. The quantitative estimate of drug-likeness (QED) is 0.542. The predicted molar refractivity (Wildman–Crippen MR) is 58.1 cm³/mol.